The average Bonchev–Trinajstić information content (AvgIpc) is 2.38. The van der Waals surface area contributed by atoms with Gasteiger partial charge < -0.3 is 15.5 Å². The van der Waals surface area contributed by atoms with Gasteiger partial charge in [0.25, 0.3) is 0 Å². The number of hydrogen-bond acceptors (Lipinski definition) is 5. The van der Waals surface area contributed by atoms with Crippen molar-refractivity contribution in [2.45, 2.75) is 12.5 Å². The smallest absolute Gasteiger partial charge is 0.240 e. The summed E-state index contributed by atoms with van der Waals surface area (Å²) in [7, 11) is 3.42. The van der Waals surface area contributed by atoms with E-state index < -0.39 is 0 Å². The molecule has 7 nitrogen and oxygen atoms in total. The Kier molecular flexibility index (Phi) is 6.25. The molecular weight excluding hydrogens is 246 g/mol. The fourth-order valence-corrected chi connectivity index (χ4v) is 1.98. The van der Waals surface area contributed by atoms with Crippen LogP contribution in [-0.4, -0.2) is 74.5 Å². The summed E-state index contributed by atoms with van der Waals surface area (Å²) in [5.74, 6) is -0.147. The molecule has 1 unspecified atom stereocenters. The summed E-state index contributed by atoms with van der Waals surface area (Å²) in [5, 5.41) is 14.2. The quantitative estimate of drug-likeness (QED) is 0.584. The van der Waals surface area contributed by atoms with Crippen molar-refractivity contribution in [2.75, 3.05) is 46.8 Å². The molecule has 19 heavy (non-hydrogen) atoms. The van der Waals surface area contributed by atoms with Crippen LogP contribution in [0.25, 0.3) is 0 Å². The summed E-state index contributed by atoms with van der Waals surface area (Å²) < 4.78 is 0. The number of rotatable bonds is 5. The summed E-state index contributed by atoms with van der Waals surface area (Å²) in [6, 6.07) is 1.67. The predicted molar refractivity (Wildman–Crippen MR) is 70.2 cm³/mol. The number of amides is 2. The van der Waals surface area contributed by atoms with Crippen LogP contribution in [0.4, 0.5) is 0 Å². The van der Waals surface area contributed by atoms with Gasteiger partial charge in [-0.2, -0.15) is 5.26 Å². The third kappa shape index (κ3) is 4.85. The van der Waals surface area contributed by atoms with Crippen molar-refractivity contribution in [3.8, 4) is 6.07 Å². The van der Waals surface area contributed by atoms with Crippen molar-refractivity contribution in [1.82, 2.24) is 20.4 Å². The van der Waals surface area contributed by atoms with E-state index in [2.05, 4.69) is 10.6 Å². The molecule has 1 rings (SSSR count). The Morgan fingerprint density at radius 1 is 1.53 bits per heavy atom. The monoisotopic (exact) mass is 267 g/mol. The van der Waals surface area contributed by atoms with Crippen molar-refractivity contribution in [2.24, 2.45) is 0 Å². The van der Waals surface area contributed by atoms with Gasteiger partial charge in [0.05, 0.1) is 19.0 Å². The summed E-state index contributed by atoms with van der Waals surface area (Å²) in [4.78, 5) is 27.2. The topological polar surface area (TPSA) is 88.5 Å². The Labute approximate surface area is 113 Å². The molecule has 0 bridgehead atoms. The van der Waals surface area contributed by atoms with Crippen LogP contribution < -0.4 is 10.6 Å². The van der Waals surface area contributed by atoms with Gasteiger partial charge >= 0.3 is 0 Å². The van der Waals surface area contributed by atoms with Gasteiger partial charge in [-0.05, 0) is 0 Å². The molecule has 1 aliphatic heterocycles. The molecule has 106 valence electrons. The molecule has 0 saturated carbocycles. The van der Waals surface area contributed by atoms with Crippen LogP contribution in [0, 0.1) is 11.3 Å². The zero-order chi connectivity index (χ0) is 14.3. The van der Waals surface area contributed by atoms with Crippen LogP contribution in [0.15, 0.2) is 0 Å². The van der Waals surface area contributed by atoms with Crippen LogP contribution in [0.3, 0.4) is 0 Å². The molecule has 1 saturated heterocycles. The molecular formula is C12H21N5O2. The maximum atomic E-state index is 12.0. The van der Waals surface area contributed by atoms with Gasteiger partial charge in [-0.15, -0.1) is 0 Å². The second-order valence-corrected chi connectivity index (χ2v) is 4.68. The van der Waals surface area contributed by atoms with E-state index >= 15 is 0 Å². The standard InChI is InChI=1S/C12H21N5O2/c1-16(2)12(19)10-8-14-6-7-17(10)9-11(18)15-5-3-4-13/h10,14H,3,5-9H2,1-2H3,(H,15,18). The van der Waals surface area contributed by atoms with Gasteiger partial charge in [-0.1, -0.05) is 0 Å². The molecule has 1 aliphatic rings. The first-order valence-corrected chi connectivity index (χ1v) is 6.36. The minimum Gasteiger partial charge on any atom is -0.354 e. The van der Waals surface area contributed by atoms with E-state index in [0.717, 1.165) is 6.54 Å². The first kappa shape index (κ1) is 15.4. The van der Waals surface area contributed by atoms with E-state index in [9.17, 15) is 9.59 Å². The van der Waals surface area contributed by atoms with Crippen molar-refractivity contribution < 1.29 is 9.59 Å². The number of piperazine rings is 1. The second-order valence-electron chi connectivity index (χ2n) is 4.68. The highest BCUT2D eigenvalue weighted by atomic mass is 16.2. The number of nitrogens with zero attached hydrogens (tertiary/aromatic N) is 3. The highest BCUT2D eigenvalue weighted by Crippen LogP contribution is 2.05. The molecule has 7 heteroatoms. The van der Waals surface area contributed by atoms with Crippen LogP contribution in [-0.2, 0) is 9.59 Å². The zero-order valence-electron chi connectivity index (χ0n) is 11.5. The number of nitriles is 1. The third-order valence-electron chi connectivity index (χ3n) is 2.99. The van der Waals surface area contributed by atoms with Crippen LogP contribution in [0.5, 0.6) is 0 Å². The van der Waals surface area contributed by atoms with E-state index in [1.54, 1.807) is 14.1 Å². The number of hydrogen-bond donors (Lipinski definition) is 2. The summed E-state index contributed by atoms with van der Waals surface area (Å²) >= 11 is 0. The predicted octanol–water partition coefficient (Wildman–Crippen LogP) is -1.62. The van der Waals surface area contributed by atoms with Crippen molar-refractivity contribution >= 4 is 11.8 Å². The molecule has 0 aromatic heterocycles. The highest BCUT2D eigenvalue weighted by Gasteiger charge is 2.30. The number of carbonyl (C=O) groups excluding carboxylic acids is 2. The zero-order valence-corrected chi connectivity index (χ0v) is 11.5. The Morgan fingerprint density at radius 2 is 2.26 bits per heavy atom. The molecule has 0 aromatic rings. The lowest BCUT2D eigenvalue weighted by Gasteiger charge is -2.35. The maximum Gasteiger partial charge on any atom is 0.240 e. The molecule has 1 fully saturated rings. The Bertz CT molecular complexity index is 364. The van der Waals surface area contributed by atoms with Gasteiger partial charge in [0.15, 0.2) is 0 Å². The van der Waals surface area contributed by atoms with Crippen molar-refractivity contribution in [3.63, 3.8) is 0 Å². The maximum absolute atomic E-state index is 12.0. The number of nitrogens with one attached hydrogen (secondary N) is 2. The lowest BCUT2D eigenvalue weighted by Crippen LogP contribution is -2.59. The van der Waals surface area contributed by atoms with Gasteiger partial charge in [-0.3, -0.25) is 14.5 Å². The minimum atomic E-state index is -0.300. The van der Waals surface area contributed by atoms with Gasteiger partial charge in [-0.25, -0.2) is 0 Å². The third-order valence-corrected chi connectivity index (χ3v) is 2.99. The lowest BCUT2D eigenvalue weighted by molar-refractivity contribution is -0.136. The van der Waals surface area contributed by atoms with Crippen molar-refractivity contribution in [3.05, 3.63) is 0 Å². The Balaban J connectivity index is 2.51. The highest BCUT2D eigenvalue weighted by molar-refractivity contribution is 5.83. The molecule has 2 amide bonds. The molecule has 2 N–H and O–H groups in total. The van der Waals surface area contributed by atoms with E-state index in [1.165, 1.54) is 4.90 Å². The van der Waals surface area contributed by atoms with Gasteiger partial charge in [0.2, 0.25) is 11.8 Å². The summed E-state index contributed by atoms with van der Waals surface area (Å²) in [5.41, 5.74) is 0. The summed E-state index contributed by atoms with van der Waals surface area (Å²) in [6.45, 7) is 2.53. The van der Waals surface area contributed by atoms with Gasteiger partial charge in [0.1, 0.15) is 6.04 Å². The molecule has 1 heterocycles. The SMILES string of the molecule is CN(C)C(=O)C1CNCCN1CC(=O)NCCC#N. The lowest BCUT2D eigenvalue weighted by atomic mass is 10.1. The Morgan fingerprint density at radius 3 is 2.89 bits per heavy atom. The largest absolute Gasteiger partial charge is 0.354 e. The first-order valence-electron chi connectivity index (χ1n) is 6.36. The molecule has 0 aromatic carbocycles. The van der Waals surface area contributed by atoms with E-state index in [4.69, 9.17) is 5.26 Å². The molecule has 0 radical (unpaired) electrons. The number of likely N-dealkylation sites (N-methyl/N-ethyl adjacent to an activating group) is 1. The van der Waals surface area contributed by atoms with Gasteiger partial charge in [0, 0.05) is 40.3 Å². The molecule has 0 spiro atoms. The summed E-state index contributed by atoms with van der Waals surface area (Å²) in [6.07, 6.45) is 0.299. The van der Waals surface area contributed by atoms with Crippen LogP contribution >= 0.6 is 0 Å². The van der Waals surface area contributed by atoms with E-state index in [-0.39, 0.29) is 24.4 Å². The van der Waals surface area contributed by atoms with Crippen molar-refractivity contribution in [1.29, 1.82) is 5.26 Å². The fourth-order valence-electron chi connectivity index (χ4n) is 1.98. The van der Waals surface area contributed by atoms with E-state index in [1.807, 2.05) is 11.0 Å². The number of carbonyl (C=O) groups is 2. The Hall–Kier alpha value is -1.65. The minimum absolute atomic E-state index is 0.00275. The second kappa shape index (κ2) is 7.71. The average molecular weight is 267 g/mol. The fraction of sp³-hybridized carbons (Fsp3) is 0.750. The van der Waals surface area contributed by atoms with Crippen LogP contribution in [0.2, 0.25) is 0 Å². The normalized spacial score (nSPS) is 19.5. The molecule has 0 aliphatic carbocycles. The van der Waals surface area contributed by atoms with Crippen LogP contribution in [0.1, 0.15) is 6.42 Å². The first-order chi connectivity index (χ1) is 9.06. The van der Waals surface area contributed by atoms with E-state index in [0.29, 0.717) is 26.1 Å². The molecule has 1 atom stereocenters.